The van der Waals surface area contributed by atoms with Crippen LogP contribution in [0.15, 0.2) is 12.2 Å². The largest absolute Gasteiger partial charge is 0.468 e. The molecular formula is C17H24O4. The van der Waals surface area contributed by atoms with Gasteiger partial charge in [-0.25, -0.2) is 0 Å². The van der Waals surface area contributed by atoms with Crippen LogP contribution in [0.2, 0.25) is 0 Å². The van der Waals surface area contributed by atoms with Gasteiger partial charge < -0.3 is 9.47 Å². The molecule has 0 amide bonds. The zero-order valence-corrected chi connectivity index (χ0v) is 12.9. The maximum atomic E-state index is 12.1. The quantitative estimate of drug-likeness (QED) is 0.327. The van der Waals surface area contributed by atoms with Crippen molar-refractivity contribution in [3.8, 4) is 12.3 Å². The Morgan fingerprint density at radius 1 is 1.19 bits per heavy atom. The molecule has 0 aromatic heterocycles. The number of carbonyl (C=O) groups excluding carboxylic acids is 2. The van der Waals surface area contributed by atoms with Gasteiger partial charge in [-0.05, 0) is 25.2 Å². The van der Waals surface area contributed by atoms with E-state index in [-0.39, 0.29) is 12.8 Å². The van der Waals surface area contributed by atoms with Crippen LogP contribution >= 0.6 is 0 Å². The SMILES string of the molecule is C#CCC(C/C=C/C1CCCCC1)(C(=O)OC)C(=O)OC. The maximum absolute atomic E-state index is 12.1. The van der Waals surface area contributed by atoms with Gasteiger partial charge in [0.2, 0.25) is 0 Å². The van der Waals surface area contributed by atoms with E-state index in [1.165, 1.54) is 33.5 Å². The molecule has 4 nitrogen and oxygen atoms in total. The fourth-order valence-electron chi connectivity index (χ4n) is 2.82. The van der Waals surface area contributed by atoms with Gasteiger partial charge in [0, 0.05) is 6.42 Å². The average Bonchev–Trinajstić information content (AvgIpc) is 2.53. The summed E-state index contributed by atoms with van der Waals surface area (Å²) in [6, 6.07) is 0. The van der Waals surface area contributed by atoms with Crippen molar-refractivity contribution in [1.29, 1.82) is 0 Å². The Morgan fingerprint density at radius 2 is 1.76 bits per heavy atom. The summed E-state index contributed by atoms with van der Waals surface area (Å²) in [6.45, 7) is 0. The van der Waals surface area contributed by atoms with E-state index in [0.717, 1.165) is 12.8 Å². The van der Waals surface area contributed by atoms with Crippen LogP contribution in [0.4, 0.5) is 0 Å². The zero-order valence-electron chi connectivity index (χ0n) is 12.9. The van der Waals surface area contributed by atoms with Gasteiger partial charge in [-0.1, -0.05) is 31.4 Å². The summed E-state index contributed by atoms with van der Waals surface area (Å²) in [4.78, 5) is 24.1. The van der Waals surface area contributed by atoms with Crippen molar-refractivity contribution in [3.05, 3.63) is 12.2 Å². The predicted molar refractivity (Wildman–Crippen MR) is 80.2 cm³/mol. The molecule has 21 heavy (non-hydrogen) atoms. The standard InChI is InChI=1S/C17H24O4/c1-4-12-17(15(18)20-2,16(19)21-3)13-8-11-14-9-6-5-7-10-14/h1,8,11,14H,5-7,9-10,12-13H2,2-3H3/b11-8+. The highest BCUT2D eigenvalue weighted by Gasteiger charge is 2.47. The monoisotopic (exact) mass is 292 g/mol. The molecule has 1 aliphatic carbocycles. The van der Waals surface area contributed by atoms with Crippen LogP contribution in [0.1, 0.15) is 44.9 Å². The van der Waals surface area contributed by atoms with E-state index in [0.29, 0.717) is 5.92 Å². The second-order valence-electron chi connectivity index (χ2n) is 5.48. The van der Waals surface area contributed by atoms with Gasteiger partial charge in [0.1, 0.15) is 0 Å². The minimum absolute atomic E-state index is 0.0264. The molecular weight excluding hydrogens is 268 g/mol. The lowest BCUT2D eigenvalue weighted by atomic mass is 9.80. The Balaban J connectivity index is 2.85. The van der Waals surface area contributed by atoms with Crippen LogP contribution in [0.5, 0.6) is 0 Å². The highest BCUT2D eigenvalue weighted by Crippen LogP contribution is 2.32. The highest BCUT2D eigenvalue weighted by molar-refractivity contribution is 6.00. The van der Waals surface area contributed by atoms with Crippen molar-refractivity contribution in [3.63, 3.8) is 0 Å². The summed E-state index contributed by atoms with van der Waals surface area (Å²) in [7, 11) is 2.50. The van der Waals surface area contributed by atoms with Crippen molar-refractivity contribution in [2.75, 3.05) is 14.2 Å². The minimum atomic E-state index is -1.43. The summed E-state index contributed by atoms with van der Waals surface area (Å²) >= 11 is 0. The van der Waals surface area contributed by atoms with Crippen LogP contribution < -0.4 is 0 Å². The minimum Gasteiger partial charge on any atom is -0.468 e. The molecule has 1 saturated carbocycles. The molecule has 0 N–H and O–H groups in total. The van der Waals surface area contributed by atoms with Crippen LogP contribution in [0.3, 0.4) is 0 Å². The zero-order chi connectivity index (χ0) is 15.7. The second kappa shape index (κ2) is 8.51. The molecule has 1 fully saturated rings. The van der Waals surface area contributed by atoms with E-state index in [9.17, 15) is 9.59 Å². The molecule has 0 radical (unpaired) electrons. The summed E-state index contributed by atoms with van der Waals surface area (Å²) < 4.78 is 9.53. The van der Waals surface area contributed by atoms with Crippen molar-refractivity contribution < 1.29 is 19.1 Å². The molecule has 0 atom stereocenters. The molecule has 0 aromatic rings. The van der Waals surface area contributed by atoms with E-state index in [1.54, 1.807) is 0 Å². The summed E-state index contributed by atoms with van der Waals surface area (Å²) in [5, 5.41) is 0. The molecule has 0 aromatic carbocycles. The number of rotatable bonds is 6. The van der Waals surface area contributed by atoms with Gasteiger partial charge in [0.15, 0.2) is 5.41 Å². The van der Waals surface area contributed by atoms with Crippen LogP contribution in [0.25, 0.3) is 0 Å². The number of esters is 2. The number of terminal acetylenes is 1. The Morgan fingerprint density at radius 3 is 2.24 bits per heavy atom. The third-order valence-electron chi connectivity index (χ3n) is 4.08. The van der Waals surface area contributed by atoms with Gasteiger partial charge in [-0.15, -0.1) is 12.3 Å². The average molecular weight is 292 g/mol. The first-order chi connectivity index (χ1) is 10.1. The molecule has 0 aliphatic heterocycles. The van der Waals surface area contributed by atoms with E-state index < -0.39 is 17.4 Å². The third-order valence-corrected chi connectivity index (χ3v) is 4.08. The number of carbonyl (C=O) groups is 2. The molecule has 0 unspecified atom stereocenters. The van der Waals surface area contributed by atoms with Crippen molar-refractivity contribution in [2.45, 2.75) is 44.9 Å². The lowest BCUT2D eigenvalue weighted by Crippen LogP contribution is -2.40. The van der Waals surface area contributed by atoms with Gasteiger partial charge in [-0.2, -0.15) is 0 Å². The van der Waals surface area contributed by atoms with Crippen molar-refractivity contribution in [2.24, 2.45) is 11.3 Å². The first kappa shape index (κ1) is 17.3. The Kier molecular flexibility index (Phi) is 7.01. The molecule has 0 spiro atoms. The number of hydrogen-bond acceptors (Lipinski definition) is 4. The van der Waals surface area contributed by atoms with E-state index in [1.807, 2.05) is 6.08 Å². The van der Waals surface area contributed by atoms with E-state index in [2.05, 4.69) is 12.0 Å². The smallest absolute Gasteiger partial charge is 0.324 e. The molecule has 1 aliphatic rings. The van der Waals surface area contributed by atoms with E-state index in [4.69, 9.17) is 15.9 Å². The first-order valence-corrected chi connectivity index (χ1v) is 7.37. The molecule has 4 heteroatoms. The molecule has 0 heterocycles. The van der Waals surface area contributed by atoms with Crippen molar-refractivity contribution >= 4 is 11.9 Å². The topological polar surface area (TPSA) is 52.6 Å². The summed E-state index contributed by atoms with van der Waals surface area (Å²) in [5.74, 6) is 1.64. The Hall–Kier alpha value is -1.76. The molecule has 0 saturated heterocycles. The van der Waals surface area contributed by atoms with Crippen molar-refractivity contribution in [1.82, 2.24) is 0 Å². The van der Waals surface area contributed by atoms with Crippen LogP contribution in [-0.4, -0.2) is 26.2 Å². The van der Waals surface area contributed by atoms with Crippen LogP contribution in [-0.2, 0) is 19.1 Å². The summed E-state index contributed by atoms with van der Waals surface area (Å²) in [5.41, 5.74) is -1.43. The lowest BCUT2D eigenvalue weighted by Gasteiger charge is -2.25. The normalized spacial score (nSPS) is 16.4. The third kappa shape index (κ3) is 4.35. The predicted octanol–water partition coefficient (Wildman–Crippen LogP) is 2.87. The van der Waals surface area contributed by atoms with Crippen LogP contribution in [0, 0.1) is 23.7 Å². The molecule has 0 bridgehead atoms. The van der Waals surface area contributed by atoms with Gasteiger partial charge in [0.05, 0.1) is 14.2 Å². The lowest BCUT2D eigenvalue weighted by molar-refractivity contribution is -0.168. The van der Waals surface area contributed by atoms with E-state index >= 15 is 0 Å². The van der Waals surface area contributed by atoms with Gasteiger partial charge in [-0.3, -0.25) is 9.59 Å². The number of methoxy groups -OCH3 is 2. The number of hydrogen-bond donors (Lipinski definition) is 0. The molecule has 1 rings (SSSR count). The Bertz CT molecular complexity index is 409. The fraction of sp³-hybridized carbons (Fsp3) is 0.647. The number of allylic oxidation sites excluding steroid dienone is 2. The molecule has 116 valence electrons. The maximum Gasteiger partial charge on any atom is 0.324 e. The Labute approximate surface area is 126 Å². The fourth-order valence-corrected chi connectivity index (χ4v) is 2.82. The summed E-state index contributed by atoms with van der Waals surface area (Å²) in [6.07, 6.45) is 15.6. The highest BCUT2D eigenvalue weighted by atomic mass is 16.5. The number of ether oxygens (including phenoxy) is 2. The second-order valence-corrected chi connectivity index (χ2v) is 5.48. The van der Waals surface area contributed by atoms with Gasteiger partial charge in [0.25, 0.3) is 0 Å². The van der Waals surface area contributed by atoms with Gasteiger partial charge >= 0.3 is 11.9 Å². The first-order valence-electron chi connectivity index (χ1n) is 7.37.